The molecule has 2 aliphatic heterocycles. The summed E-state index contributed by atoms with van der Waals surface area (Å²) in [7, 11) is 0. The van der Waals surface area contributed by atoms with Crippen molar-refractivity contribution in [1.29, 1.82) is 0 Å². The Bertz CT molecular complexity index is 1140. The predicted molar refractivity (Wildman–Crippen MR) is 130 cm³/mol. The smallest absolute Gasteiger partial charge is 0.433 e. The molecule has 2 saturated heterocycles. The molecule has 3 unspecified atom stereocenters. The topological polar surface area (TPSA) is 59.8 Å². The van der Waals surface area contributed by atoms with Gasteiger partial charge in [0.05, 0.1) is 5.60 Å². The lowest BCUT2D eigenvalue weighted by atomic mass is 9.52. The van der Waals surface area contributed by atoms with Crippen molar-refractivity contribution in [3.63, 3.8) is 0 Å². The van der Waals surface area contributed by atoms with Crippen LogP contribution in [0.25, 0.3) is 0 Å². The molecule has 4 aliphatic rings. The lowest BCUT2D eigenvalue weighted by Gasteiger charge is -2.61. The third kappa shape index (κ3) is 4.11. The van der Waals surface area contributed by atoms with Crippen molar-refractivity contribution in [3.8, 4) is 5.75 Å². The molecule has 2 aliphatic carbocycles. The van der Waals surface area contributed by atoms with Crippen LogP contribution in [0.5, 0.6) is 5.75 Å². The molecule has 36 heavy (non-hydrogen) atoms. The number of pyridine rings is 1. The average molecular weight is 502 g/mol. The molecular weight excluding hydrogens is 467 g/mol. The van der Waals surface area contributed by atoms with E-state index in [1.807, 2.05) is 12.1 Å². The Kier molecular flexibility index (Phi) is 5.85. The molecule has 3 fully saturated rings. The molecule has 0 radical (unpaired) electrons. The van der Waals surface area contributed by atoms with Gasteiger partial charge in [-0.2, -0.15) is 13.2 Å². The van der Waals surface area contributed by atoms with Crippen LogP contribution in [0.1, 0.15) is 54.6 Å². The maximum atomic E-state index is 13.1. The lowest BCUT2D eigenvalue weighted by molar-refractivity contribution is -0.149. The Labute approximate surface area is 209 Å². The Hall–Kier alpha value is -2.16. The highest BCUT2D eigenvalue weighted by Crippen LogP contribution is 2.56. The van der Waals surface area contributed by atoms with Crippen LogP contribution >= 0.6 is 0 Å². The number of aromatic hydroxyl groups is 1. The summed E-state index contributed by atoms with van der Waals surface area (Å²) in [6, 6.07) is 9.79. The fraction of sp³-hybridized carbons (Fsp3) is 0.607. The molecule has 1 saturated carbocycles. The molecule has 3 atom stereocenters. The summed E-state index contributed by atoms with van der Waals surface area (Å²) >= 11 is 0. The van der Waals surface area contributed by atoms with Gasteiger partial charge in [-0.3, -0.25) is 4.90 Å². The number of alkyl halides is 3. The average Bonchev–Trinajstić information content (AvgIpc) is 3.67. The van der Waals surface area contributed by atoms with Crippen LogP contribution in [0, 0.1) is 5.92 Å². The minimum atomic E-state index is -4.44. The number of likely N-dealkylation sites (tertiary alicyclic amines) is 2. The van der Waals surface area contributed by atoms with Gasteiger partial charge in [-0.25, -0.2) is 4.98 Å². The standard InChI is InChI=1S/C28H34F3N3O2/c29-28(30,31)24-3-1-2-21(32-24)8-12-33-13-9-26-10-15-34(18-19-4-5-19)25(27(26,36)11-14-33)16-20-6-7-22(35)17-23(20)26/h1-3,6-7,17,19,25,35-36H,4-5,8-16,18H2. The zero-order valence-corrected chi connectivity index (χ0v) is 20.5. The lowest BCUT2D eigenvalue weighted by Crippen LogP contribution is -2.71. The van der Waals surface area contributed by atoms with Crippen LogP contribution < -0.4 is 0 Å². The quantitative estimate of drug-likeness (QED) is 0.645. The molecule has 2 N–H and O–H groups in total. The summed E-state index contributed by atoms with van der Waals surface area (Å²) in [5, 5.41) is 22.9. The van der Waals surface area contributed by atoms with Crippen molar-refractivity contribution >= 4 is 0 Å². The van der Waals surface area contributed by atoms with E-state index in [4.69, 9.17) is 0 Å². The normalized spacial score (nSPS) is 30.9. The van der Waals surface area contributed by atoms with Gasteiger partial charge < -0.3 is 15.1 Å². The van der Waals surface area contributed by atoms with Crippen LogP contribution in [0.4, 0.5) is 13.2 Å². The van der Waals surface area contributed by atoms with Gasteiger partial charge in [0.15, 0.2) is 0 Å². The van der Waals surface area contributed by atoms with Gasteiger partial charge in [0.2, 0.25) is 0 Å². The number of rotatable bonds is 5. The maximum Gasteiger partial charge on any atom is 0.433 e. The first-order valence-electron chi connectivity index (χ1n) is 13.2. The Balaban J connectivity index is 1.26. The van der Waals surface area contributed by atoms with E-state index in [9.17, 15) is 23.4 Å². The van der Waals surface area contributed by atoms with E-state index < -0.39 is 22.9 Å². The first kappa shape index (κ1) is 24.2. The molecular formula is C28H34F3N3O2. The number of halogens is 3. The zero-order valence-electron chi connectivity index (χ0n) is 20.5. The molecule has 1 aromatic carbocycles. The van der Waals surface area contributed by atoms with Gasteiger partial charge >= 0.3 is 6.18 Å². The van der Waals surface area contributed by atoms with Crippen molar-refractivity contribution in [3.05, 3.63) is 58.9 Å². The van der Waals surface area contributed by atoms with Gasteiger partial charge in [0, 0.05) is 43.2 Å². The summed E-state index contributed by atoms with van der Waals surface area (Å²) in [5.74, 6) is 0.977. The van der Waals surface area contributed by atoms with E-state index >= 15 is 0 Å². The molecule has 0 spiro atoms. The molecule has 0 amide bonds. The van der Waals surface area contributed by atoms with Crippen LogP contribution in [-0.4, -0.2) is 69.4 Å². The fourth-order valence-corrected chi connectivity index (χ4v) is 7.18. The molecule has 2 bridgehead atoms. The number of nitrogens with zero attached hydrogens (tertiary/aromatic N) is 3. The first-order valence-corrected chi connectivity index (χ1v) is 13.2. The summed E-state index contributed by atoms with van der Waals surface area (Å²) in [6.07, 6.45) is 1.56. The van der Waals surface area contributed by atoms with Crippen molar-refractivity contribution in [2.75, 3.05) is 32.7 Å². The maximum absolute atomic E-state index is 13.1. The minimum Gasteiger partial charge on any atom is -0.508 e. The predicted octanol–water partition coefficient (Wildman–Crippen LogP) is 4.15. The SMILES string of the molecule is Oc1ccc2c(c1)C13CCN(CCc4cccc(C(F)(F)F)n4)CCC1(O)C(C2)N(CC1CC1)CC3. The first-order chi connectivity index (χ1) is 17.2. The number of aromatic nitrogens is 1. The zero-order chi connectivity index (χ0) is 25.1. The van der Waals surface area contributed by atoms with Gasteiger partial charge in [0.1, 0.15) is 11.4 Å². The van der Waals surface area contributed by atoms with E-state index in [1.54, 1.807) is 12.1 Å². The highest BCUT2D eigenvalue weighted by atomic mass is 19.4. The molecule has 194 valence electrons. The molecule has 3 heterocycles. The van der Waals surface area contributed by atoms with Crippen LogP contribution in [0.15, 0.2) is 36.4 Å². The van der Waals surface area contributed by atoms with E-state index in [-0.39, 0.29) is 11.8 Å². The van der Waals surface area contributed by atoms with Gasteiger partial charge in [-0.1, -0.05) is 12.1 Å². The summed E-state index contributed by atoms with van der Waals surface area (Å²) < 4.78 is 39.3. The minimum absolute atomic E-state index is 0.0500. The third-order valence-corrected chi connectivity index (χ3v) is 9.30. The highest BCUT2D eigenvalue weighted by molar-refractivity contribution is 5.48. The third-order valence-electron chi connectivity index (χ3n) is 9.30. The number of phenolic OH excluding ortho intramolecular Hbond substituents is 1. The van der Waals surface area contributed by atoms with E-state index in [0.29, 0.717) is 31.6 Å². The number of hydrogen-bond donors (Lipinski definition) is 2. The number of benzene rings is 1. The molecule has 6 rings (SSSR count). The highest BCUT2D eigenvalue weighted by Gasteiger charge is 2.63. The largest absolute Gasteiger partial charge is 0.508 e. The van der Waals surface area contributed by atoms with Gasteiger partial charge in [-0.15, -0.1) is 0 Å². The van der Waals surface area contributed by atoms with Gasteiger partial charge in [0.25, 0.3) is 0 Å². The van der Waals surface area contributed by atoms with Crippen molar-refractivity contribution in [2.45, 2.75) is 68.2 Å². The van der Waals surface area contributed by atoms with E-state index in [0.717, 1.165) is 56.4 Å². The fourth-order valence-electron chi connectivity index (χ4n) is 7.18. The summed E-state index contributed by atoms with van der Waals surface area (Å²) in [6.45, 7) is 4.04. The Morgan fingerprint density at radius 1 is 1.03 bits per heavy atom. The van der Waals surface area contributed by atoms with Crippen molar-refractivity contribution < 1.29 is 23.4 Å². The molecule has 1 aromatic heterocycles. The number of hydrogen-bond acceptors (Lipinski definition) is 5. The second-order valence-corrected chi connectivity index (χ2v) is 11.4. The van der Waals surface area contributed by atoms with Crippen LogP contribution in [0.3, 0.4) is 0 Å². The number of fused-ring (bicyclic) bond motifs is 1. The second kappa shape index (κ2) is 8.71. The second-order valence-electron chi connectivity index (χ2n) is 11.4. The number of piperidine rings is 1. The summed E-state index contributed by atoms with van der Waals surface area (Å²) in [5.41, 5.74) is 0.583. The molecule has 2 aromatic rings. The Morgan fingerprint density at radius 3 is 2.58 bits per heavy atom. The van der Waals surface area contributed by atoms with Gasteiger partial charge in [-0.05, 0) is 92.9 Å². The van der Waals surface area contributed by atoms with Crippen molar-refractivity contribution in [2.24, 2.45) is 5.92 Å². The number of aliphatic hydroxyl groups is 1. The van der Waals surface area contributed by atoms with Crippen molar-refractivity contribution in [1.82, 2.24) is 14.8 Å². The van der Waals surface area contributed by atoms with E-state index in [1.165, 1.54) is 24.5 Å². The summed E-state index contributed by atoms with van der Waals surface area (Å²) in [4.78, 5) is 8.63. The monoisotopic (exact) mass is 501 g/mol. The van der Waals surface area contributed by atoms with Crippen LogP contribution in [0.2, 0.25) is 0 Å². The van der Waals surface area contributed by atoms with E-state index in [2.05, 4.69) is 14.8 Å². The molecule has 5 nitrogen and oxygen atoms in total. The Morgan fingerprint density at radius 2 is 1.81 bits per heavy atom. The number of phenols is 1. The molecule has 8 heteroatoms. The van der Waals surface area contributed by atoms with Crippen LogP contribution in [-0.2, 0) is 24.4 Å².